The molecule has 2 aromatic rings. The standard InChI is InChI=1S/C18H20O3/c1-3-21-17(19)13-18(2,20)16-12-8-7-11-15(16)14-9-5-4-6-10-14/h4-12,20H,3,13H2,1-2H3. The topological polar surface area (TPSA) is 46.5 Å². The summed E-state index contributed by atoms with van der Waals surface area (Å²) in [5.74, 6) is -0.398. The lowest BCUT2D eigenvalue weighted by Gasteiger charge is -2.25. The Kier molecular flexibility index (Phi) is 4.76. The largest absolute Gasteiger partial charge is 0.466 e. The van der Waals surface area contributed by atoms with E-state index in [1.165, 1.54) is 0 Å². The van der Waals surface area contributed by atoms with Gasteiger partial charge in [-0.1, -0.05) is 54.6 Å². The zero-order valence-electron chi connectivity index (χ0n) is 12.4. The van der Waals surface area contributed by atoms with E-state index >= 15 is 0 Å². The molecule has 21 heavy (non-hydrogen) atoms. The highest BCUT2D eigenvalue weighted by molar-refractivity contribution is 5.74. The van der Waals surface area contributed by atoms with Crippen LogP contribution in [0.1, 0.15) is 25.8 Å². The van der Waals surface area contributed by atoms with Gasteiger partial charge in [0.05, 0.1) is 18.6 Å². The zero-order chi connectivity index (χ0) is 15.3. The first-order valence-electron chi connectivity index (χ1n) is 7.07. The van der Waals surface area contributed by atoms with E-state index in [0.29, 0.717) is 6.61 Å². The van der Waals surface area contributed by atoms with E-state index in [9.17, 15) is 9.90 Å². The molecule has 2 aromatic carbocycles. The highest BCUT2D eigenvalue weighted by Gasteiger charge is 2.29. The van der Waals surface area contributed by atoms with Crippen molar-refractivity contribution >= 4 is 5.97 Å². The lowest BCUT2D eigenvalue weighted by Crippen LogP contribution is -2.27. The smallest absolute Gasteiger partial charge is 0.309 e. The molecule has 3 heteroatoms. The molecule has 0 aromatic heterocycles. The molecule has 2 rings (SSSR count). The van der Waals surface area contributed by atoms with Crippen LogP contribution in [0, 0.1) is 0 Å². The molecule has 1 unspecified atom stereocenters. The van der Waals surface area contributed by atoms with Crippen LogP contribution in [-0.4, -0.2) is 17.7 Å². The van der Waals surface area contributed by atoms with Crippen molar-refractivity contribution in [3.8, 4) is 11.1 Å². The van der Waals surface area contributed by atoms with Crippen LogP contribution in [0.25, 0.3) is 11.1 Å². The Morgan fingerprint density at radius 2 is 1.71 bits per heavy atom. The summed E-state index contributed by atoms with van der Waals surface area (Å²) in [6.45, 7) is 3.71. The summed E-state index contributed by atoms with van der Waals surface area (Å²) in [5, 5.41) is 10.7. The van der Waals surface area contributed by atoms with Crippen LogP contribution >= 0.6 is 0 Å². The van der Waals surface area contributed by atoms with Crippen LogP contribution < -0.4 is 0 Å². The van der Waals surface area contributed by atoms with Crippen molar-refractivity contribution in [2.24, 2.45) is 0 Å². The predicted molar refractivity (Wildman–Crippen MR) is 82.7 cm³/mol. The molecule has 0 spiro atoms. The number of carbonyl (C=O) groups excluding carboxylic acids is 1. The maximum atomic E-state index is 11.7. The van der Waals surface area contributed by atoms with Gasteiger partial charge in [-0.2, -0.15) is 0 Å². The quantitative estimate of drug-likeness (QED) is 0.855. The van der Waals surface area contributed by atoms with E-state index in [0.717, 1.165) is 16.7 Å². The van der Waals surface area contributed by atoms with Crippen LogP contribution in [0.15, 0.2) is 54.6 Å². The number of aliphatic hydroxyl groups is 1. The molecule has 0 fully saturated rings. The average Bonchev–Trinajstić information content (AvgIpc) is 2.48. The Morgan fingerprint density at radius 1 is 1.10 bits per heavy atom. The van der Waals surface area contributed by atoms with Crippen LogP contribution in [0.3, 0.4) is 0 Å². The van der Waals surface area contributed by atoms with E-state index in [4.69, 9.17) is 4.74 Å². The SMILES string of the molecule is CCOC(=O)CC(C)(O)c1ccccc1-c1ccccc1. The van der Waals surface area contributed by atoms with Gasteiger partial charge < -0.3 is 9.84 Å². The zero-order valence-corrected chi connectivity index (χ0v) is 12.4. The Morgan fingerprint density at radius 3 is 2.38 bits per heavy atom. The van der Waals surface area contributed by atoms with Crippen molar-refractivity contribution in [2.45, 2.75) is 25.9 Å². The Hall–Kier alpha value is -2.13. The van der Waals surface area contributed by atoms with Gasteiger partial charge in [-0.15, -0.1) is 0 Å². The number of ether oxygens (including phenoxy) is 1. The van der Waals surface area contributed by atoms with Crippen molar-refractivity contribution < 1.29 is 14.6 Å². The van der Waals surface area contributed by atoms with Crippen LogP contribution in [0.2, 0.25) is 0 Å². The summed E-state index contributed by atoms with van der Waals surface area (Å²) in [5.41, 5.74) is 1.40. The Labute approximate surface area is 125 Å². The fourth-order valence-corrected chi connectivity index (χ4v) is 2.41. The maximum Gasteiger partial charge on any atom is 0.309 e. The number of hydrogen-bond donors (Lipinski definition) is 1. The summed E-state index contributed by atoms with van der Waals surface area (Å²) in [7, 11) is 0. The Bertz CT molecular complexity index is 603. The first kappa shape index (κ1) is 15.3. The molecular weight excluding hydrogens is 264 g/mol. The van der Waals surface area contributed by atoms with E-state index in [1.54, 1.807) is 13.8 Å². The molecule has 110 valence electrons. The molecule has 0 aliphatic rings. The highest BCUT2D eigenvalue weighted by Crippen LogP contribution is 2.33. The minimum absolute atomic E-state index is 0.0648. The third kappa shape index (κ3) is 3.70. The van der Waals surface area contributed by atoms with E-state index in [2.05, 4.69) is 0 Å². The normalized spacial score (nSPS) is 13.5. The van der Waals surface area contributed by atoms with Gasteiger partial charge in [0.25, 0.3) is 0 Å². The van der Waals surface area contributed by atoms with E-state index in [1.807, 2.05) is 54.6 Å². The second-order valence-corrected chi connectivity index (χ2v) is 5.17. The minimum atomic E-state index is -1.27. The summed E-state index contributed by atoms with van der Waals surface area (Å²) in [6, 6.07) is 17.4. The van der Waals surface area contributed by atoms with Gasteiger partial charge in [0.2, 0.25) is 0 Å². The molecule has 0 heterocycles. The molecule has 0 bridgehead atoms. The summed E-state index contributed by atoms with van der Waals surface area (Å²) in [6.07, 6.45) is -0.0648. The van der Waals surface area contributed by atoms with Gasteiger partial charge in [0.15, 0.2) is 0 Å². The lowest BCUT2D eigenvalue weighted by molar-refractivity contribution is -0.148. The first-order valence-corrected chi connectivity index (χ1v) is 7.07. The van der Waals surface area contributed by atoms with Gasteiger partial charge in [-0.3, -0.25) is 4.79 Å². The summed E-state index contributed by atoms with van der Waals surface area (Å²) in [4.78, 5) is 11.7. The molecule has 1 atom stereocenters. The van der Waals surface area contributed by atoms with Gasteiger partial charge >= 0.3 is 5.97 Å². The highest BCUT2D eigenvalue weighted by atomic mass is 16.5. The molecule has 0 saturated carbocycles. The number of benzene rings is 2. The second-order valence-electron chi connectivity index (χ2n) is 5.17. The van der Waals surface area contributed by atoms with Gasteiger partial charge in [0, 0.05) is 0 Å². The van der Waals surface area contributed by atoms with Crippen LogP contribution in [-0.2, 0) is 15.1 Å². The first-order chi connectivity index (χ1) is 10.0. The molecule has 0 aliphatic carbocycles. The van der Waals surface area contributed by atoms with Crippen LogP contribution in [0.4, 0.5) is 0 Å². The number of esters is 1. The molecule has 3 nitrogen and oxygen atoms in total. The maximum absolute atomic E-state index is 11.7. The Balaban J connectivity index is 2.38. The lowest BCUT2D eigenvalue weighted by atomic mass is 9.86. The number of carbonyl (C=O) groups is 1. The van der Waals surface area contributed by atoms with Crippen molar-refractivity contribution in [2.75, 3.05) is 6.61 Å². The van der Waals surface area contributed by atoms with Crippen molar-refractivity contribution in [3.63, 3.8) is 0 Å². The summed E-state index contributed by atoms with van der Waals surface area (Å²) >= 11 is 0. The number of hydrogen-bond acceptors (Lipinski definition) is 3. The van der Waals surface area contributed by atoms with Gasteiger partial charge in [0.1, 0.15) is 0 Å². The molecule has 0 aliphatic heterocycles. The fourth-order valence-electron chi connectivity index (χ4n) is 2.41. The third-order valence-corrected chi connectivity index (χ3v) is 3.39. The summed E-state index contributed by atoms with van der Waals surface area (Å²) < 4.78 is 4.95. The molecule has 1 N–H and O–H groups in total. The van der Waals surface area contributed by atoms with E-state index in [-0.39, 0.29) is 6.42 Å². The minimum Gasteiger partial charge on any atom is -0.466 e. The molecular formula is C18H20O3. The molecule has 0 radical (unpaired) electrons. The van der Waals surface area contributed by atoms with Gasteiger partial charge in [-0.25, -0.2) is 0 Å². The van der Waals surface area contributed by atoms with Crippen molar-refractivity contribution in [1.82, 2.24) is 0 Å². The third-order valence-electron chi connectivity index (χ3n) is 3.39. The van der Waals surface area contributed by atoms with Crippen molar-refractivity contribution in [3.05, 3.63) is 60.2 Å². The fraction of sp³-hybridized carbons (Fsp3) is 0.278. The molecule has 0 amide bonds. The predicted octanol–water partition coefficient (Wildman–Crippen LogP) is 3.51. The van der Waals surface area contributed by atoms with Gasteiger partial charge in [-0.05, 0) is 30.5 Å². The monoisotopic (exact) mass is 284 g/mol. The van der Waals surface area contributed by atoms with Crippen molar-refractivity contribution in [1.29, 1.82) is 0 Å². The van der Waals surface area contributed by atoms with Crippen LogP contribution in [0.5, 0.6) is 0 Å². The van der Waals surface area contributed by atoms with E-state index < -0.39 is 11.6 Å². The second kappa shape index (κ2) is 6.55. The average molecular weight is 284 g/mol. The molecule has 0 saturated heterocycles. The number of rotatable bonds is 5.